The van der Waals surface area contributed by atoms with Crippen LogP contribution in [0.1, 0.15) is 38.2 Å². The molecule has 1 N–H and O–H groups in total. The number of halogens is 2. The molecule has 2 nitrogen and oxygen atoms in total. The summed E-state index contributed by atoms with van der Waals surface area (Å²) in [4.78, 5) is 12.1. The first kappa shape index (κ1) is 14.1. The van der Waals surface area contributed by atoms with Crippen molar-refractivity contribution in [2.24, 2.45) is 5.92 Å². The Morgan fingerprint density at radius 3 is 2.63 bits per heavy atom. The Morgan fingerprint density at radius 1 is 1.37 bits per heavy atom. The van der Waals surface area contributed by atoms with Gasteiger partial charge in [-0.25, -0.2) is 8.78 Å². The lowest BCUT2D eigenvalue weighted by molar-refractivity contribution is -0.140. The van der Waals surface area contributed by atoms with Gasteiger partial charge in [0, 0.05) is 6.42 Å². The Labute approximate surface area is 111 Å². The van der Waals surface area contributed by atoms with Gasteiger partial charge in [-0.2, -0.15) is 0 Å². The summed E-state index contributed by atoms with van der Waals surface area (Å²) in [5.74, 6) is -1.10. The zero-order valence-corrected chi connectivity index (χ0v) is 11.0. The average molecular weight is 268 g/mol. The van der Waals surface area contributed by atoms with Gasteiger partial charge in [0.05, 0.1) is 0 Å². The Bertz CT molecular complexity index is 477. The van der Waals surface area contributed by atoms with Crippen LogP contribution in [0.3, 0.4) is 0 Å². The highest BCUT2D eigenvalue weighted by Gasteiger charge is 2.38. The third-order valence-corrected chi connectivity index (χ3v) is 3.98. The summed E-state index contributed by atoms with van der Waals surface area (Å²) in [6.07, 6.45) is 2.13. The quantitative estimate of drug-likeness (QED) is 0.915. The molecule has 0 spiro atoms. The molecule has 0 heterocycles. The first-order chi connectivity index (χ1) is 8.90. The van der Waals surface area contributed by atoms with Crippen molar-refractivity contribution in [3.63, 3.8) is 0 Å². The second-order valence-electron chi connectivity index (χ2n) is 5.55. The SMILES string of the molecule is CC1CCC(O)(C(=O)Cc2cc(F)ccc2F)CC1. The molecule has 0 aliphatic heterocycles. The van der Waals surface area contributed by atoms with Gasteiger partial charge in [0.15, 0.2) is 5.78 Å². The fourth-order valence-electron chi connectivity index (χ4n) is 2.53. The van der Waals surface area contributed by atoms with Crippen molar-refractivity contribution in [2.45, 2.75) is 44.6 Å². The summed E-state index contributed by atoms with van der Waals surface area (Å²) >= 11 is 0. The Kier molecular flexibility index (Phi) is 3.99. The molecular weight excluding hydrogens is 250 g/mol. The number of Topliss-reactive ketones (excluding diaryl/α,β-unsaturated/α-hetero) is 1. The zero-order valence-electron chi connectivity index (χ0n) is 11.0. The summed E-state index contributed by atoms with van der Waals surface area (Å²) in [5.41, 5.74) is -1.36. The second kappa shape index (κ2) is 5.37. The number of hydrogen-bond donors (Lipinski definition) is 1. The van der Waals surface area contributed by atoms with Crippen molar-refractivity contribution in [2.75, 3.05) is 0 Å². The van der Waals surface area contributed by atoms with Crippen LogP contribution in [-0.2, 0) is 11.2 Å². The highest BCUT2D eigenvalue weighted by atomic mass is 19.1. The van der Waals surface area contributed by atoms with E-state index in [1.54, 1.807) is 0 Å². The number of ketones is 1. The molecule has 0 unspecified atom stereocenters. The van der Waals surface area contributed by atoms with E-state index in [1.807, 2.05) is 0 Å². The van der Waals surface area contributed by atoms with Crippen LogP contribution in [0.15, 0.2) is 18.2 Å². The highest BCUT2D eigenvalue weighted by Crippen LogP contribution is 2.33. The van der Waals surface area contributed by atoms with Crippen LogP contribution in [0.25, 0.3) is 0 Å². The molecule has 0 aromatic heterocycles. The van der Waals surface area contributed by atoms with Gasteiger partial charge in [-0.15, -0.1) is 0 Å². The predicted octanol–water partition coefficient (Wildman–Crippen LogP) is 3.02. The molecule has 0 atom stereocenters. The lowest BCUT2D eigenvalue weighted by Crippen LogP contribution is -2.42. The number of carbonyl (C=O) groups excluding carboxylic acids is 1. The molecule has 1 aliphatic carbocycles. The molecule has 19 heavy (non-hydrogen) atoms. The van der Waals surface area contributed by atoms with Gasteiger partial charge in [-0.1, -0.05) is 6.92 Å². The van der Waals surface area contributed by atoms with Gasteiger partial charge >= 0.3 is 0 Å². The molecule has 1 aliphatic rings. The molecule has 0 saturated heterocycles. The van der Waals surface area contributed by atoms with Gasteiger partial charge in [-0.05, 0) is 55.4 Å². The van der Waals surface area contributed by atoms with Crippen LogP contribution >= 0.6 is 0 Å². The normalized spacial score (nSPS) is 27.3. The highest BCUT2D eigenvalue weighted by molar-refractivity contribution is 5.89. The molecule has 4 heteroatoms. The van der Waals surface area contributed by atoms with E-state index in [2.05, 4.69) is 6.92 Å². The fourth-order valence-corrected chi connectivity index (χ4v) is 2.53. The molecule has 1 aromatic carbocycles. The maximum Gasteiger partial charge on any atom is 0.168 e. The Hall–Kier alpha value is -1.29. The summed E-state index contributed by atoms with van der Waals surface area (Å²) in [7, 11) is 0. The molecule has 2 rings (SSSR count). The second-order valence-corrected chi connectivity index (χ2v) is 5.55. The van der Waals surface area contributed by atoms with Crippen molar-refractivity contribution in [1.29, 1.82) is 0 Å². The standard InChI is InChI=1S/C15H18F2O2/c1-10-4-6-15(19,7-5-10)14(18)9-11-8-12(16)2-3-13(11)17/h2-3,8,10,19H,4-7,9H2,1H3. The minimum absolute atomic E-state index is 0.0112. The monoisotopic (exact) mass is 268 g/mol. The van der Waals surface area contributed by atoms with Crippen LogP contribution in [-0.4, -0.2) is 16.5 Å². The van der Waals surface area contributed by atoms with Crippen molar-refractivity contribution in [1.82, 2.24) is 0 Å². The van der Waals surface area contributed by atoms with Gasteiger partial charge in [0.2, 0.25) is 0 Å². The minimum atomic E-state index is -1.37. The van der Waals surface area contributed by atoms with Crippen molar-refractivity contribution in [3.05, 3.63) is 35.4 Å². The Balaban J connectivity index is 2.10. The topological polar surface area (TPSA) is 37.3 Å². The molecule has 0 radical (unpaired) electrons. The molecule has 1 saturated carbocycles. The summed E-state index contributed by atoms with van der Waals surface area (Å²) in [5, 5.41) is 10.3. The molecule has 1 aromatic rings. The van der Waals surface area contributed by atoms with E-state index in [1.165, 1.54) is 0 Å². The fraction of sp³-hybridized carbons (Fsp3) is 0.533. The number of hydrogen-bond acceptors (Lipinski definition) is 2. The van der Waals surface area contributed by atoms with Gasteiger partial charge in [0.25, 0.3) is 0 Å². The largest absolute Gasteiger partial charge is 0.382 e. The van der Waals surface area contributed by atoms with E-state index < -0.39 is 23.0 Å². The van der Waals surface area contributed by atoms with Crippen molar-refractivity contribution in [3.8, 4) is 0 Å². The number of rotatable bonds is 3. The van der Waals surface area contributed by atoms with E-state index in [0.29, 0.717) is 18.8 Å². The first-order valence-corrected chi connectivity index (χ1v) is 6.60. The molecule has 0 bridgehead atoms. The predicted molar refractivity (Wildman–Crippen MR) is 67.7 cm³/mol. The van der Waals surface area contributed by atoms with E-state index in [0.717, 1.165) is 31.0 Å². The van der Waals surface area contributed by atoms with E-state index in [4.69, 9.17) is 0 Å². The third kappa shape index (κ3) is 3.18. The molecule has 104 valence electrons. The van der Waals surface area contributed by atoms with Crippen LogP contribution in [0.5, 0.6) is 0 Å². The van der Waals surface area contributed by atoms with E-state index in [-0.39, 0.29) is 12.0 Å². The number of carbonyl (C=O) groups is 1. The first-order valence-electron chi connectivity index (χ1n) is 6.60. The van der Waals surface area contributed by atoms with Crippen molar-refractivity contribution < 1.29 is 18.7 Å². The molecular formula is C15H18F2O2. The average Bonchev–Trinajstić information content (AvgIpc) is 2.37. The summed E-state index contributed by atoms with van der Waals surface area (Å²) < 4.78 is 26.5. The smallest absolute Gasteiger partial charge is 0.168 e. The van der Waals surface area contributed by atoms with Gasteiger partial charge in [0.1, 0.15) is 17.2 Å². The van der Waals surface area contributed by atoms with Crippen molar-refractivity contribution >= 4 is 5.78 Å². The zero-order chi connectivity index (χ0) is 14.0. The lowest BCUT2D eigenvalue weighted by atomic mass is 9.76. The third-order valence-electron chi connectivity index (χ3n) is 3.98. The summed E-state index contributed by atoms with van der Waals surface area (Å²) in [6, 6.07) is 3.04. The van der Waals surface area contributed by atoms with Crippen LogP contribution in [0.2, 0.25) is 0 Å². The maximum atomic E-state index is 13.5. The minimum Gasteiger partial charge on any atom is -0.382 e. The summed E-state index contributed by atoms with van der Waals surface area (Å²) in [6.45, 7) is 2.08. The van der Waals surface area contributed by atoms with E-state index >= 15 is 0 Å². The number of aliphatic hydroxyl groups is 1. The molecule has 1 fully saturated rings. The van der Waals surface area contributed by atoms with Crippen LogP contribution in [0.4, 0.5) is 8.78 Å². The van der Waals surface area contributed by atoms with E-state index in [9.17, 15) is 18.7 Å². The van der Waals surface area contributed by atoms with Crippen LogP contribution < -0.4 is 0 Å². The maximum absolute atomic E-state index is 13.5. The number of benzene rings is 1. The van der Waals surface area contributed by atoms with Crippen LogP contribution in [0, 0.1) is 17.6 Å². The Morgan fingerprint density at radius 2 is 2.00 bits per heavy atom. The van der Waals surface area contributed by atoms with Gasteiger partial charge in [-0.3, -0.25) is 4.79 Å². The lowest BCUT2D eigenvalue weighted by Gasteiger charge is -2.33. The molecule has 0 amide bonds. The van der Waals surface area contributed by atoms with Gasteiger partial charge < -0.3 is 5.11 Å².